The van der Waals surface area contributed by atoms with Crippen LogP contribution >= 0.6 is 23.1 Å². The Labute approximate surface area is 172 Å². The minimum Gasteiger partial charge on any atom is -0.325 e. The summed E-state index contributed by atoms with van der Waals surface area (Å²) < 4.78 is 0. The Morgan fingerprint density at radius 2 is 2.04 bits per heavy atom. The minimum absolute atomic E-state index is 0.0883. The van der Waals surface area contributed by atoms with Crippen LogP contribution in [0, 0.1) is 0 Å². The first-order chi connectivity index (χ1) is 13.5. The number of thioether (sulfide) groups is 1. The van der Waals surface area contributed by atoms with E-state index in [1.165, 1.54) is 34.2 Å². The smallest absolute Gasteiger partial charge is 0.260 e. The number of fused-ring (bicyclic) bond motifs is 3. The summed E-state index contributed by atoms with van der Waals surface area (Å²) in [5.74, 6) is -0.109. The lowest BCUT2D eigenvalue weighted by Crippen LogP contribution is -2.23. The fraction of sp³-hybridized carbons (Fsp3) is 0.381. The lowest BCUT2D eigenvalue weighted by molar-refractivity contribution is -0.115. The number of aryl methyl sites for hydroxylation is 3. The molecule has 1 amide bonds. The van der Waals surface area contributed by atoms with E-state index in [1.807, 2.05) is 31.2 Å². The van der Waals surface area contributed by atoms with Crippen LogP contribution in [0.5, 0.6) is 0 Å². The number of aromatic amines is 1. The Bertz CT molecular complexity index is 1070. The molecule has 1 aliphatic rings. The van der Waals surface area contributed by atoms with Gasteiger partial charge in [0.25, 0.3) is 5.56 Å². The highest BCUT2D eigenvalue weighted by Crippen LogP contribution is 2.34. The third-order valence-corrected chi connectivity index (χ3v) is 7.26. The van der Waals surface area contributed by atoms with E-state index in [-0.39, 0.29) is 16.7 Å². The predicted molar refractivity (Wildman–Crippen MR) is 117 cm³/mol. The van der Waals surface area contributed by atoms with Gasteiger partial charge in [-0.25, -0.2) is 4.98 Å². The molecule has 0 fully saturated rings. The fourth-order valence-electron chi connectivity index (χ4n) is 3.49. The van der Waals surface area contributed by atoms with E-state index in [0.717, 1.165) is 41.6 Å². The molecule has 7 heteroatoms. The maximum Gasteiger partial charge on any atom is 0.260 e. The van der Waals surface area contributed by atoms with Gasteiger partial charge in [-0.3, -0.25) is 9.59 Å². The number of hydrogen-bond donors (Lipinski definition) is 2. The van der Waals surface area contributed by atoms with Crippen LogP contribution in [0.4, 0.5) is 5.69 Å². The van der Waals surface area contributed by atoms with Gasteiger partial charge >= 0.3 is 0 Å². The van der Waals surface area contributed by atoms with E-state index in [9.17, 15) is 9.59 Å². The van der Waals surface area contributed by atoms with E-state index in [4.69, 9.17) is 0 Å². The third-order valence-electron chi connectivity index (χ3n) is 5.09. The summed E-state index contributed by atoms with van der Waals surface area (Å²) >= 11 is 2.91. The number of aromatic nitrogens is 2. The second kappa shape index (κ2) is 8.09. The van der Waals surface area contributed by atoms with Gasteiger partial charge in [0, 0.05) is 10.6 Å². The molecule has 0 radical (unpaired) electrons. The number of carbonyl (C=O) groups is 1. The average Bonchev–Trinajstić information content (AvgIpc) is 3.07. The van der Waals surface area contributed by atoms with Crippen molar-refractivity contribution in [1.82, 2.24) is 9.97 Å². The third kappa shape index (κ3) is 3.86. The molecule has 2 N–H and O–H groups in total. The highest BCUT2D eigenvalue weighted by molar-refractivity contribution is 8.00. The van der Waals surface area contributed by atoms with Crippen molar-refractivity contribution in [3.8, 4) is 0 Å². The van der Waals surface area contributed by atoms with Crippen molar-refractivity contribution in [3.05, 3.63) is 50.6 Å². The van der Waals surface area contributed by atoms with Crippen LogP contribution in [0.15, 0.2) is 34.2 Å². The fourth-order valence-corrected chi connectivity index (χ4v) is 5.60. The topological polar surface area (TPSA) is 74.8 Å². The van der Waals surface area contributed by atoms with E-state index < -0.39 is 0 Å². The van der Waals surface area contributed by atoms with Gasteiger partial charge in [-0.05, 0) is 62.3 Å². The zero-order chi connectivity index (χ0) is 19.7. The summed E-state index contributed by atoms with van der Waals surface area (Å²) in [5, 5.41) is 3.80. The van der Waals surface area contributed by atoms with Crippen molar-refractivity contribution in [3.63, 3.8) is 0 Å². The van der Waals surface area contributed by atoms with Gasteiger partial charge in [0.05, 0.1) is 10.6 Å². The maximum absolute atomic E-state index is 12.6. The highest BCUT2D eigenvalue weighted by Gasteiger charge is 2.21. The lowest BCUT2D eigenvalue weighted by Gasteiger charge is -2.12. The van der Waals surface area contributed by atoms with Gasteiger partial charge in [-0.15, -0.1) is 11.3 Å². The molecule has 5 nitrogen and oxygen atoms in total. The Morgan fingerprint density at radius 3 is 2.79 bits per heavy atom. The zero-order valence-corrected chi connectivity index (χ0v) is 17.6. The van der Waals surface area contributed by atoms with Crippen molar-refractivity contribution in [2.75, 3.05) is 5.32 Å². The van der Waals surface area contributed by atoms with Gasteiger partial charge in [-0.1, -0.05) is 30.8 Å². The van der Waals surface area contributed by atoms with Crippen molar-refractivity contribution in [2.45, 2.75) is 56.4 Å². The van der Waals surface area contributed by atoms with Gasteiger partial charge < -0.3 is 10.3 Å². The molecule has 1 atom stereocenters. The normalized spacial score (nSPS) is 14.6. The Kier molecular flexibility index (Phi) is 5.55. The van der Waals surface area contributed by atoms with E-state index >= 15 is 0 Å². The van der Waals surface area contributed by atoms with Crippen molar-refractivity contribution >= 4 is 44.9 Å². The summed E-state index contributed by atoms with van der Waals surface area (Å²) in [6.45, 7) is 3.92. The summed E-state index contributed by atoms with van der Waals surface area (Å²) in [6.07, 6.45) is 5.27. The first-order valence-corrected chi connectivity index (χ1v) is 11.4. The van der Waals surface area contributed by atoms with Crippen LogP contribution < -0.4 is 10.9 Å². The molecule has 3 aromatic rings. The highest BCUT2D eigenvalue weighted by atomic mass is 32.2. The summed E-state index contributed by atoms with van der Waals surface area (Å²) in [7, 11) is 0. The molecule has 0 bridgehead atoms. The summed E-state index contributed by atoms with van der Waals surface area (Å²) in [6, 6.07) is 7.85. The number of nitrogens with one attached hydrogen (secondary N) is 2. The number of thiophene rings is 1. The van der Waals surface area contributed by atoms with Crippen LogP contribution in [-0.2, 0) is 24.1 Å². The molecule has 146 valence electrons. The van der Waals surface area contributed by atoms with Crippen LogP contribution in [0.3, 0.4) is 0 Å². The summed E-state index contributed by atoms with van der Waals surface area (Å²) in [5.41, 5.74) is 3.10. The number of anilines is 1. The zero-order valence-electron chi connectivity index (χ0n) is 16.0. The molecular formula is C21H23N3O2S2. The second-order valence-corrected chi connectivity index (χ2v) is 9.48. The Balaban J connectivity index is 1.50. The Morgan fingerprint density at radius 1 is 1.29 bits per heavy atom. The van der Waals surface area contributed by atoms with Gasteiger partial charge in [0.15, 0.2) is 5.16 Å². The number of amides is 1. The van der Waals surface area contributed by atoms with Gasteiger partial charge in [0.1, 0.15) is 4.83 Å². The van der Waals surface area contributed by atoms with Crippen molar-refractivity contribution in [1.29, 1.82) is 0 Å². The molecule has 28 heavy (non-hydrogen) atoms. The van der Waals surface area contributed by atoms with E-state index in [0.29, 0.717) is 5.16 Å². The van der Waals surface area contributed by atoms with Crippen LogP contribution in [-0.4, -0.2) is 21.1 Å². The minimum atomic E-state index is -0.374. The predicted octanol–water partition coefficient (Wildman–Crippen LogP) is 4.55. The molecule has 2 aromatic heterocycles. The largest absolute Gasteiger partial charge is 0.325 e. The maximum atomic E-state index is 12.6. The second-order valence-electron chi connectivity index (χ2n) is 7.06. The molecule has 1 aromatic carbocycles. The molecule has 0 saturated carbocycles. The number of nitrogens with zero attached hydrogens (tertiary/aromatic N) is 1. The van der Waals surface area contributed by atoms with Crippen molar-refractivity contribution < 1.29 is 4.79 Å². The molecule has 1 aliphatic carbocycles. The molecule has 0 saturated heterocycles. The van der Waals surface area contributed by atoms with E-state index in [2.05, 4.69) is 22.2 Å². The molecule has 4 rings (SSSR count). The number of H-pyrrole nitrogens is 1. The molecule has 0 unspecified atom stereocenters. The van der Waals surface area contributed by atoms with Crippen LogP contribution in [0.2, 0.25) is 0 Å². The quantitative estimate of drug-likeness (QED) is 0.475. The van der Waals surface area contributed by atoms with Gasteiger partial charge in [-0.2, -0.15) is 0 Å². The first kappa shape index (κ1) is 19.2. The SMILES string of the molecule is CCc1ccc(NC(=O)[C@@H](C)Sc2nc3sc4c(c3c(=O)[nH]2)CCCC4)cc1. The standard InChI is InChI=1S/C21H23N3O2S2/c1-3-13-8-10-14(11-9-13)22-18(25)12(2)27-21-23-19(26)17-15-6-4-5-7-16(15)28-20(17)24-21/h8-12H,3-7H2,1-2H3,(H,22,25)(H,23,24,26)/t12-/m1/s1. The van der Waals surface area contributed by atoms with Crippen LogP contribution in [0.1, 0.15) is 42.7 Å². The molecule has 0 aliphatic heterocycles. The van der Waals surface area contributed by atoms with Crippen LogP contribution in [0.25, 0.3) is 10.2 Å². The molecular weight excluding hydrogens is 390 g/mol. The number of rotatable bonds is 5. The number of hydrogen-bond acceptors (Lipinski definition) is 5. The van der Waals surface area contributed by atoms with E-state index in [1.54, 1.807) is 11.3 Å². The lowest BCUT2D eigenvalue weighted by atomic mass is 9.97. The average molecular weight is 414 g/mol. The Hall–Kier alpha value is -2.12. The molecule has 2 heterocycles. The number of carbonyl (C=O) groups excluding carboxylic acids is 1. The van der Waals surface area contributed by atoms with Crippen molar-refractivity contribution in [2.24, 2.45) is 0 Å². The number of benzene rings is 1. The van der Waals surface area contributed by atoms with Gasteiger partial charge in [0.2, 0.25) is 5.91 Å². The monoisotopic (exact) mass is 413 g/mol. The first-order valence-electron chi connectivity index (χ1n) is 9.66. The summed E-state index contributed by atoms with van der Waals surface area (Å²) in [4.78, 5) is 34.8. The molecule has 0 spiro atoms.